The summed E-state index contributed by atoms with van der Waals surface area (Å²) in [5.74, 6) is -0.0453. The lowest BCUT2D eigenvalue weighted by atomic mass is 10.1. The molecule has 0 unspecified atom stereocenters. The van der Waals surface area contributed by atoms with E-state index in [9.17, 15) is 4.79 Å². The van der Waals surface area contributed by atoms with Crippen LogP contribution in [0.5, 0.6) is 0 Å². The van der Waals surface area contributed by atoms with Gasteiger partial charge in [-0.3, -0.25) is 4.79 Å². The molecule has 0 saturated carbocycles. The molecule has 98 valence electrons. The predicted molar refractivity (Wildman–Crippen MR) is 68.6 cm³/mol. The topological polar surface area (TPSA) is 47.6 Å². The van der Waals surface area contributed by atoms with E-state index in [0.29, 0.717) is 31.7 Å². The molecule has 1 heterocycles. The van der Waals surface area contributed by atoms with Gasteiger partial charge >= 0.3 is 0 Å². The first-order valence-corrected chi connectivity index (χ1v) is 6.25. The van der Waals surface area contributed by atoms with E-state index in [1.165, 1.54) is 5.56 Å². The molecule has 1 aromatic carbocycles. The van der Waals surface area contributed by atoms with Gasteiger partial charge in [0.25, 0.3) is 5.91 Å². The van der Waals surface area contributed by atoms with E-state index in [4.69, 9.17) is 9.47 Å². The fourth-order valence-electron chi connectivity index (χ4n) is 1.86. The summed E-state index contributed by atoms with van der Waals surface area (Å²) < 4.78 is 10.6. The average Bonchev–Trinajstić information content (AvgIpc) is 2.85. The van der Waals surface area contributed by atoms with Crippen molar-refractivity contribution in [1.82, 2.24) is 5.32 Å². The van der Waals surface area contributed by atoms with E-state index in [0.717, 1.165) is 5.56 Å². The summed E-state index contributed by atoms with van der Waals surface area (Å²) in [7, 11) is 0. The van der Waals surface area contributed by atoms with E-state index in [2.05, 4.69) is 5.32 Å². The van der Waals surface area contributed by atoms with Gasteiger partial charge in [0.1, 0.15) is 0 Å². The van der Waals surface area contributed by atoms with Gasteiger partial charge in [0.15, 0.2) is 6.29 Å². The third-order valence-corrected chi connectivity index (χ3v) is 3.13. The maximum absolute atomic E-state index is 11.9. The first-order chi connectivity index (χ1) is 8.66. The van der Waals surface area contributed by atoms with Crippen molar-refractivity contribution in [3.05, 3.63) is 34.9 Å². The number of carbonyl (C=O) groups excluding carboxylic acids is 1. The molecule has 1 aliphatic rings. The molecule has 0 bridgehead atoms. The molecular weight excluding hydrogens is 230 g/mol. The molecule has 0 radical (unpaired) electrons. The Labute approximate surface area is 107 Å². The van der Waals surface area contributed by atoms with Crippen LogP contribution in [0.15, 0.2) is 18.2 Å². The maximum Gasteiger partial charge on any atom is 0.251 e. The first-order valence-electron chi connectivity index (χ1n) is 6.25. The van der Waals surface area contributed by atoms with Gasteiger partial charge in [-0.2, -0.15) is 0 Å². The summed E-state index contributed by atoms with van der Waals surface area (Å²) in [6.07, 6.45) is 0.529. The zero-order valence-electron chi connectivity index (χ0n) is 10.9. The Morgan fingerprint density at radius 1 is 1.28 bits per heavy atom. The van der Waals surface area contributed by atoms with Crippen molar-refractivity contribution in [3.63, 3.8) is 0 Å². The van der Waals surface area contributed by atoms with Crippen LogP contribution in [0.4, 0.5) is 0 Å². The van der Waals surface area contributed by atoms with Crippen LogP contribution >= 0.6 is 0 Å². The van der Waals surface area contributed by atoms with Gasteiger partial charge in [-0.15, -0.1) is 0 Å². The lowest BCUT2D eigenvalue weighted by Gasteiger charge is -2.10. The highest BCUT2D eigenvalue weighted by Gasteiger charge is 2.15. The predicted octanol–water partition coefficient (Wildman–Crippen LogP) is 1.80. The van der Waals surface area contributed by atoms with Crippen molar-refractivity contribution >= 4 is 5.91 Å². The molecule has 18 heavy (non-hydrogen) atoms. The number of carbonyl (C=O) groups is 1. The van der Waals surface area contributed by atoms with Crippen LogP contribution in [-0.4, -0.2) is 32.0 Å². The Morgan fingerprint density at radius 2 is 2.00 bits per heavy atom. The van der Waals surface area contributed by atoms with Crippen molar-refractivity contribution in [1.29, 1.82) is 0 Å². The summed E-state index contributed by atoms with van der Waals surface area (Å²) in [5, 5.41) is 2.87. The second kappa shape index (κ2) is 5.98. The van der Waals surface area contributed by atoms with Crippen LogP contribution < -0.4 is 5.32 Å². The normalized spacial score (nSPS) is 15.9. The van der Waals surface area contributed by atoms with Gasteiger partial charge in [-0.25, -0.2) is 0 Å². The smallest absolute Gasteiger partial charge is 0.251 e. The third kappa shape index (κ3) is 3.31. The number of rotatable bonds is 4. The molecule has 1 N–H and O–H groups in total. The molecule has 0 atom stereocenters. The fourth-order valence-corrected chi connectivity index (χ4v) is 1.86. The second-order valence-electron chi connectivity index (χ2n) is 4.51. The maximum atomic E-state index is 11.9. The minimum atomic E-state index is -0.162. The molecular formula is C14H19NO3. The standard InChI is InChI=1S/C14H19NO3/c1-10-3-4-12(9-11(10)2)14(16)15-6-5-13-17-7-8-18-13/h3-4,9,13H,5-8H2,1-2H3,(H,15,16). The lowest BCUT2D eigenvalue weighted by Crippen LogP contribution is -2.27. The molecule has 1 fully saturated rings. The minimum Gasteiger partial charge on any atom is -0.352 e. The van der Waals surface area contributed by atoms with E-state index in [-0.39, 0.29) is 12.2 Å². The van der Waals surface area contributed by atoms with Crippen molar-refractivity contribution in [3.8, 4) is 0 Å². The van der Waals surface area contributed by atoms with Crippen molar-refractivity contribution in [2.75, 3.05) is 19.8 Å². The number of nitrogens with one attached hydrogen (secondary N) is 1. The molecule has 4 heteroatoms. The van der Waals surface area contributed by atoms with E-state index >= 15 is 0 Å². The SMILES string of the molecule is Cc1ccc(C(=O)NCCC2OCCO2)cc1C. The highest BCUT2D eigenvalue weighted by molar-refractivity contribution is 5.94. The van der Waals surface area contributed by atoms with Crippen LogP contribution in [0.25, 0.3) is 0 Å². The van der Waals surface area contributed by atoms with Crippen LogP contribution in [0, 0.1) is 13.8 Å². The fraction of sp³-hybridized carbons (Fsp3) is 0.500. The molecule has 1 aromatic rings. The summed E-state index contributed by atoms with van der Waals surface area (Å²) in [5.41, 5.74) is 3.02. The molecule has 0 aromatic heterocycles. The quantitative estimate of drug-likeness (QED) is 0.885. The third-order valence-electron chi connectivity index (χ3n) is 3.13. The number of aryl methyl sites for hydroxylation is 2. The van der Waals surface area contributed by atoms with Crippen LogP contribution in [0.3, 0.4) is 0 Å². The van der Waals surface area contributed by atoms with Gasteiger partial charge in [0, 0.05) is 18.5 Å². The molecule has 1 amide bonds. The lowest BCUT2D eigenvalue weighted by molar-refractivity contribution is -0.0455. The van der Waals surface area contributed by atoms with Gasteiger partial charge < -0.3 is 14.8 Å². The zero-order valence-corrected chi connectivity index (χ0v) is 10.9. The molecule has 1 saturated heterocycles. The number of hydrogen-bond acceptors (Lipinski definition) is 3. The van der Waals surface area contributed by atoms with Gasteiger partial charge in [-0.1, -0.05) is 6.07 Å². The number of benzene rings is 1. The monoisotopic (exact) mass is 249 g/mol. The van der Waals surface area contributed by atoms with Gasteiger partial charge in [0.2, 0.25) is 0 Å². The number of ether oxygens (including phenoxy) is 2. The first kappa shape index (κ1) is 13.1. The highest BCUT2D eigenvalue weighted by Crippen LogP contribution is 2.10. The van der Waals surface area contributed by atoms with E-state index < -0.39 is 0 Å². The van der Waals surface area contributed by atoms with Gasteiger partial charge in [0.05, 0.1) is 13.2 Å². The Bertz CT molecular complexity index is 425. The van der Waals surface area contributed by atoms with E-state index in [1.807, 2.05) is 32.0 Å². The summed E-state index contributed by atoms with van der Waals surface area (Å²) in [6, 6.07) is 5.72. The summed E-state index contributed by atoms with van der Waals surface area (Å²) in [4.78, 5) is 11.9. The Morgan fingerprint density at radius 3 is 2.67 bits per heavy atom. The van der Waals surface area contributed by atoms with Gasteiger partial charge in [-0.05, 0) is 37.1 Å². The van der Waals surface area contributed by atoms with Crippen molar-refractivity contribution < 1.29 is 14.3 Å². The summed E-state index contributed by atoms with van der Waals surface area (Å²) >= 11 is 0. The van der Waals surface area contributed by atoms with E-state index in [1.54, 1.807) is 0 Å². The molecule has 0 aliphatic carbocycles. The Kier molecular flexibility index (Phi) is 4.33. The van der Waals surface area contributed by atoms with Crippen LogP contribution in [-0.2, 0) is 9.47 Å². The number of amides is 1. The highest BCUT2D eigenvalue weighted by atomic mass is 16.7. The van der Waals surface area contributed by atoms with Crippen molar-refractivity contribution in [2.45, 2.75) is 26.6 Å². The van der Waals surface area contributed by atoms with Crippen LogP contribution in [0.1, 0.15) is 27.9 Å². The van der Waals surface area contributed by atoms with Crippen LogP contribution in [0.2, 0.25) is 0 Å². The number of hydrogen-bond donors (Lipinski definition) is 1. The summed E-state index contributed by atoms with van der Waals surface area (Å²) in [6.45, 7) is 5.90. The molecule has 2 rings (SSSR count). The second-order valence-corrected chi connectivity index (χ2v) is 4.51. The van der Waals surface area contributed by atoms with Crippen molar-refractivity contribution in [2.24, 2.45) is 0 Å². The average molecular weight is 249 g/mol. The molecule has 4 nitrogen and oxygen atoms in total. The minimum absolute atomic E-state index is 0.0453. The zero-order chi connectivity index (χ0) is 13.0. The molecule has 1 aliphatic heterocycles. The molecule has 0 spiro atoms. The Hall–Kier alpha value is -1.39. The Balaban J connectivity index is 1.81. The largest absolute Gasteiger partial charge is 0.352 e.